The van der Waals surface area contributed by atoms with Crippen molar-refractivity contribution in [2.45, 2.75) is 19.0 Å². The van der Waals surface area contributed by atoms with Crippen molar-refractivity contribution in [1.29, 1.82) is 0 Å². The first-order valence-corrected chi connectivity index (χ1v) is 14.3. The lowest BCUT2D eigenvalue weighted by molar-refractivity contribution is 0.439. The van der Waals surface area contributed by atoms with Gasteiger partial charge in [0.15, 0.2) is 5.11 Å². The van der Waals surface area contributed by atoms with Gasteiger partial charge in [0.1, 0.15) is 17.6 Å². The number of thiocarbonyl (C=S) groups is 1. The van der Waals surface area contributed by atoms with Crippen molar-refractivity contribution in [1.82, 2.24) is 10.3 Å². The van der Waals surface area contributed by atoms with Crippen LogP contribution in [0.15, 0.2) is 77.3 Å². The van der Waals surface area contributed by atoms with Gasteiger partial charge in [0.25, 0.3) is 0 Å². The number of furan rings is 1. The van der Waals surface area contributed by atoms with Gasteiger partial charge < -0.3 is 14.6 Å². The molecule has 2 aromatic carbocycles. The number of aromatic nitrogens is 1. The predicted molar refractivity (Wildman–Crippen MR) is 152 cm³/mol. The quantitative estimate of drug-likeness (QED) is 0.255. The first-order valence-electron chi connectivity index (χ1n) is 11.2. The Balaban J connectivity index is 1.59. The molecular weight excluding hydrogens is 551 g/mol. The molecule has 0 bridgehead atoms. The second kappa shape index (κ2) is 9.98. The minimum absolute atomic E-state index is 0.303. The van der Waals surface area contributed by atoms with Gasteiger partial charge in [-0.1, -0.05) is 29.3 Å². The molecule has 1 aliphatic rings. The summed E-state index contributed by atoms with van der Waals surface area (Å²) < 4.78 is 32.4. The number of halogens is 2. The summed E-state index contributed by atoms with van der Waals surface area (Å²) in [7, 11) is -3.41. The Morgan fingerprint density at radius 3 is 2.57 bits per heavy atom. The van der Waals surface area contributed by atoms with E-state index in [-0.39, 0.29) is 12.1 Å². The van der Waals surface area contributed by atoms with Gasteiger partial charge in [-0.05, 0) is 85.4 Å². The van der Waals surface area contributed by atoms with Crippen molar-refractivity contribution < 1.29 is 12.8 Å². The molecule has 37 heavy (non-hydrogen) atoms. The van der Waals surface area contributed by atoms with E-state index in [1.54, 1.807) is 24.4 Å². The minimum Gasteiger partial charge on any atom is -0.459 e. The molecule has 1 fully saturated rings. The summed E-state index contributed by atoms with van der Waals surface area (Å²) in [5.74, 6) is 1.25. The Hall–Kier alpha value is -3.11. The van der Waals surface area contributed by atoms with Crippen LogP contribution in [-0.2, 0) is 10.0 Å². The van der Waals surface area contributed by atoms with Crippen LogP contribution in [0.4, 0.5) is 11.4 Å². The highest BCUT2D eigenvalue weighted by atomic mass is 35.5. The highest BCUT2D eigenvalue weighted by Crippen LogP contribution is 2.44. The van der Waals surface area contributed by atoms with Gasteiger partial charge in [-0.15, -0.1) is 0 Å². The number of benzene rings is 2. The Labute approximate surface area is 230 Å². The summed E-state index contributed by atoms with van der Waals surface area (Å²) in [6, 6.07) is 19.5. The zero-order chi connectivity index (χ0) is 26.3. The maximum atomic E-state index is 11.8. The van der Waals surface area contributed by atoms with E-state index in [1.165, 1.54) is 0 Å². The first-order chi connectivity index (χ1) is 17.6. The maximum Gasteiger partial charge on any atom is 0.229 e. The van der Waals surface area contributed by atoms with Crippen molar-refractivity contribution in [2.75, 3.05) is 15.9 Å². The van der Waals surface area contributed by atoms with Crippen LogP contribution in [0.25, 0.3) is 11.3 Å². The third-order valence-corrected chi connectivity index (χ3v) is 7.45. The molecule has 1 saturated heterocycles. The van der Waals surface area contributed by atoms with Crippen LogP contribution < -0.4 is 14.9 Å². The summed E-state index contributed by atoms with van der Waals surface area (Å²) in [4.78, 5) is 6.51. The van der Waals surface area contributed by atoms with Gasteiger partial charge in [-0.3, -0.25) is 9.71 Å². The standard InChI is InChI=1S/C26H22Cl2N4O3S2/c1-15-13-17(7-9-20(15)31-37(2,33)34)32-25(24(30-26(32)36)21-5-3-4-12-29-21)23-11-10-22(35-23)18-8-6-16(27)14-19(18)28/h3-14,24-25,31H,1-2H3,(H,30,36)/t24-,25-/m1/s1. The average Bonchev–Trinajstić information content (AvgIpc) is 3.45. The van der Waals surface area contributed by atoms with E-state index in [9.17, 15) is 8.42 Å². The topological polar surface area (TPSA) is 87.5 Å². The third-order valence-electron chi connectivity index (χ3n) is 6.00. The van der Waals surface area contributed by atoms with Crippen LogP contribution in [0, 0.1) is 6.92 Å². The summed E-state index contributed by atoms with van der Waals surface area (Å²) in [6.45, 7) is 1.84. The van der Waals surface area contributed by atoms with Crippen molar-refractivity contribution in [3.8, 4) is 11.3 Å². The zero-order valence-electron chi connectivity index (χ0n) is 19.8. The molecular formula is C26H22Cl2N4O3S2. The monoisotopic (exact) mass is 572 g/mol. The Morgan fingerprint density at radius 1 is 1.08 bits per heavy atom. The van der Waals surface area contributed by atoms with Crippen molar-refractivity contribution in [3.63, 3.8) is 0 Å². The lowest BCUT2D eigenvalue weighted by atomic mass is 10.0. The van der Waals surface area contributed by atoms with Crippen molar-refractivity contribution in [2.24, 2.45) is 0 Å². The van der Waals surface area contributed by atoms with Crippen molar-refractivity contribution in [3.05, 3.63) is 100.0 Å². The maximum absolute atomic E-state index is 11.8. The molecule has 2 atom stereocenters. The van der Waals surface area contributed by atoms with Crippen LogP contribution in [-0.4, -0.2) is 24.8 Å². The van der Waals surface area contributed by atoms with Gasteiger partial charge in [0.05, 0.1) is 28.7 Å². The second-order valence-electron chi connectivity index (χ2n) is 8.70. The van der Waals surface area contributed by atoms with E-state index in [2.05, 4.69) is 15.0 Å². The second-order valence-corrected chi connectivity index (χ2v) is 11.7. The largest absolute Gasteiger partial charge is 0.459 e. The number of nitrogens with zero attached hydrogens (tertiary/aromatic N) is 2. The number of rotatable bonds is 6. The average molecular weight is 574 g/mol. The van der Waals surface area contributed by atoms with Crippen LogP contribution in [0.5, 0.6) is 0 Å². The lowest BCUT2D eigenvalue weighted by Gasteiger charge is -2.26. The molecule has 4 aromatic rings. The normalized spacial score (nSPS) is 17.6. The van der Waals surface area contributed by atoms with Crippen LogP contribution in [0.3, 0.4) is 0 Å². The molecule has 3 heterocycles. The fraction of sp³-hybridized carbons (Fsp3) is 0.154. The molecule has 0 aliphatic carbocycles. The number of pyridine rings is 1. The van der Waals surface area contributed by atoms with E-state index in [4.69, 9.17) is 39.8 Å². The molecule has 1 aliphatic heterocycles. The summed E-state index contributed by atoms with van der Waals surface area (Å²) in [5, 5.41) is 4.90. The molecule has 0 unspecified atom stereocenters. The summed E-state index contributed by atoms with van der Waals surface area (Å²) in [6.07, 6.45) is 2.85. The molecule has 5 rings (SSSR count). The number of sulfonamides is 1. The smallest absolute Gasteiger partial charge is 0.229 e. The SMILES string of the molecule is Cc1cc(N2C(=S)N[C@H](c3ccccn3)[C@H]2c2ccc(-c3ccc(Cl)cc3Cl)o2)ccc1NS(C)(=O)=O. The van der Waals surface area contributed by atoms with Crippen LogP contribution in [0.1, 0.15) is 29.1 Å². The number of anilines is 2. The van der Waals surface area contributed by atoms with Crippen LogP contribution in [0.2, 0.25) is 10.0 Å². The molecule has 0 radical (unpaired) electrons. The number of hydrogen-bond donors (Lipinski definition) is 2. The van der Waals surface area contributed by atoms with Gasteiger partial charge in [0, 0.05) is 22.5 Å². The number of hydrogen-bond acceptors (Lipinski definition) is 5. The molecule has 11 heteroatoms. The highest BCUT2D eigenvalue weighted by Gasteiger charge is 2.42. The molecule has 2 N–H and O–H groups in total. The molecule has 0 amide bonds. The fourth-order valence-corrected chi connectivity index (χ4v) is 5.86. The van der Waals surface area contributed by atoms with E-state index in [1.807, 2.05) is 60.4 Å². The van der Waals surface area contributed by atoms with E-state index < -0.39 is 10.0 Å². The molecule has 2 aromatic heterocycles. The Bertz CT molecular complexity index is 1590. The van der Waals surface area contributed by atoms with Crippen LogP contribution >= 0.6 is 35.4 Å². The number of nitrogens with one attached hydrogen (secondary N) is 2. The summed E-state index contributed by atoms with van der Waals surface area (Å²) in [5.41, 5.74) is 3.55. The van der Waals surface area contributed by atoms with Gasteiger partial charge >= 0.3 is 0 Å². The van der Waals surface area contributed by atoms with E-state index >= 15 is 0 Å². The van der Waals surface area contributed by atoms with Gasteiger partial charge in [-0.25, -0.2) is 8.42 Å². The fourth-order valence-electron chi connectivity index (χ4n) is 4.38. The zero-order valence-corrected chi connectivity index (χ0v) is 22.9. The van der Waals surface area contributed by atoms with Gasteiger partial charge in [0.2, 0.25) is 10.0 Å². The number of aryl methyl sites for hydroxylation is 1. The highest BCUT2D eigenvalue weighted by molar-refractivity contribution is 7.92. The Kier molecular flexibility index (Phi) is 6.89. The predicted octanol–water partition coefficient (Wildman–Crippen LogP) is 6.51. The molecule has 0 spiro atoms. The van der Waals surface area contributed by atoms with Crippen molar-refractivity contribution >= 4 is 61.9 Å². The first kappa shape index (κ1) is 25.5. The summed E-state index contributed by atoms with van der Waals surface area (Å²) >= 11 is 18.3. The lowest BCUT2D eigenvalue weighted by Crippen LogP contribution is -2.29. The Morgan fingerprint density at radius 2 is 1.89 bits per heavy atom. The molecule has 190 valence electrons. The molecule has 7 nitrogen and oxygen atoms in total. The molecule has 0 saturated carbocycles. The van der Waals surface area contributed by atoms with Gasteiger partial charge in [-0.2, -0.15) is 0 Å². The van der Waals surface area contributed by atoms with E-state index in [0.717, 1.165) is 28.8 Å². The van der Waals surface area contributed by atoms with E-state index in [0.29, 0.717) is 32.4 Å². The third kappa shape index (κ3) is 5.31. The minimum atomic E-state index is -3.41.